The van der Waals surface area contributed by atoms with Crippen LogP contribution in [0.2, 0.25) is 0 Å². The van der Waals surface area contributed by atoms with Gasteiger partial charge in [-0.05, 0) is 6.92 Å². The van der Waals surface area contributed by atoms with Crippen LogP contribution in [0.3, 0.4) is 0 Å². The van der Waals surface area contributed by atoms with Crippen molar-refractivity contribution in [3.05, 3.63) is 18.2 Å². The zero-order chi connectivity index (χ0) is 10.8. The highest BCUT2D eigenvalue weighted by Gasteiger charge is 2.19. The lowest BCUT2D eigenvalue weighted by atomic mass is 10.1. The average Bonchev–Trinajstić information content (AvgIpc) is 2.51. The molecule has 1 rings (SSSR count). The van der Waals surface area contributed by atoms with Crippen LogP contribution in [0.1, 0.15) is 32.5 Å². The zero-order valence-corrected chi connectivity index (χ0v) is 9.07. The van der Waals surface area contributed by atoms with E-state index in [4.69, 9.17) is 10.8 Å². The third-order valence-corrected chi connectivity index (χ3v) is 2.16. The molecule has 0 bridgehead atoms. The number of rotatable bonds is 4. The maximum atomic E-state index is 9.06. The van der Waals surface area contributed by atoms with Gasteiger partial charge in [0.2, 0.25) is 0 Å². The Bertz CT molecular complexity index is 291. The first kappa shape index (κ1) is 11.2. The van der Waals surface area contributed by atoms with Gasteiger partial charge >= 0.3 is 0 Å². The van der Waals surface area contributed by atoms with Gasteiger partial charge in [-0.3, -0.25) is 0 Å². The number of aliphatic hydroxyl groups excluding tert-OH is 1. The first-order valence-corrected chi connectivity index (χ1v) is 4.87. The second-order valence-corrected chi connectivity index (χ2v) is 4.38. The predicted molar refractivity (Wildman–Crippen MR) is 56.0 cm³/mol. The Morgan fingerprint density at radius 1 is 1.64 bits per heavy atom. The lowest BCUT2D eigenvalue weighted by molar-refractivity contribution is 0.191. The van der Waals surface area contributed by atoms with Crippen molar-refractivity contribution in [2.75, 3.05) is 6.61 Å². The Morgan fingerprint density at radius 3 is 2.79 bits per heavy atom. The number of hydrogen-bond acceptors (Lipinski definition) is 3. The molecule has 0 spiro atoms. The van der Waals surface area contributed by atoms with E-state index in [0.29, 0.717) is 12.5 Å². The van der Waals surface area contributed by atoms with E-state index in [1.165, 1.54) is 0 Å². The topological polar surface area (TPSA) is 64.1 Å². The average molecular weight is 197 g/mol. The molecular weight excluding hydrogens is 178 g/mol. The van der Waals surface area contributed by atoms with Gasteiger partial charge in [0.1, 0.15) is 5.82 Å². The number of nitrogens with zero attached hydrogens (tertiary/aromatic N) is 2. The van der Waals surface area contributed by atoms with Crippen molar-refractivity contribution >= 4 is 0 Å². The summed E-state index contributed by atoms with van der Waals surface area (Å²) in [7, 11) is 0. The summed E-state index contributed by atoms with van der Waals surface area (Å²) in [4.78, 5) is 4.26. The van der Waals surface area contributed by atoms with Gasteiger partial charge in [0.15, 0.2) is 0 Å². The molecule has 0 aliphatic carbocycles. The van der Waals surface area contributed by atoms with Crippen molar-refractivity contribution in [2.45, 2.75) is 38.8 Å². The molecule has 1 heterocycles. The Hall–Kier alpha value is -0.870. The van der Waals surface area contributed by atoms with Crippen molar-refractivity contribution in [3.8, 4) is 0 Å². The molecule has 3 N–H and O–H groups in total. The van der Waals surface area contributed by atoms with Crippen LogP contribution in [0, 0.1) is 0 Å². The zero-order valence-electron chi connectivity index (χ0n) is 9.07. The highest BCUT2D eigenvalue weighted by Crippen LogP contribution is 2.14. The van der Waals surface area contributed by atoms with E-state index in [1.54, 1.807) is 6.20 Å². The number of nitrogens with two attached hydrogens (primary N) is 1. The van der Waals surface area contributed by atoms with Gasteiger partial charge in [-0.1, -0.05) is 13.8 Å². The molecule has 0 aromatic carbocycles. The lowest BCUT2D eigenvalue weighted by Crippen LogP contribution is -2.44. The van der Waals surface area contributed by atoms with Crippen LogP contribution in [0.5, 0.6) is 0 Å². The Morgan fingerprint density at radius 2 is 2.29 bits per heavy atom. The van der Waals surface area contributed by atoms with E-state index in [0.717, 1.165) is 5.82 Å². The third kappa shape index (κ3) is 2.56. The molecule has 0 aliphatic rings. The van der Waals surface area contributed by atoms with E-state index >= 15 is 0 Å². The number of hydrogen-bond donors (Lipinski definition) is 2. The normalized spacial score (nSPS) is 15.9. The maximum Gasteiger partial charge on any atom is 0.111 e. The summed E-state index contributed by atoms with van der Waals surface area (Å²) in [6, 6.07) is 0. The van der Waals surface area contributed by atoms with Crippen molar-refractivity contribution in [1.82, 2.24) is 9.55 Å². The molecule has 0 aliphatic heterocycles. The second kappa shape index (κ2) is 4.11. The molecule has 4 heteroatoms. The van der Waals surface area contributed by atoms with Crippen LogP contribution in [0.4, 0.5) is 0 Å². The van der Waals surface area contributed by atoms with E-state index in [9.17, 15) is 0 Å². The summed E-state index contributed by atoms with van der Waals surface area (Å²) in [6.07, 6.45) is 3.67. The van der Waals surface area contributed by atoms with Crippen molar-refractivity contribution in [2.24, 2.45) is 5.73 Å². The van der Waals surface area contributed by atoms with E-state index in [-0.39, 0.29) is 6.61 Å². The minimum Gasteiger partial charge on any atom is -0.394 e. The number of imidazole rings is 1. The highest BCUT2D eigenvalue weighted by molar-refractivity contribution is 4.99. The number of aliphatic hydroxyl groups is 1. The van der Waals surface area contributed by atoms with Crippen LogP contribution >= 0.6 is 0 Å². The summed E-state index contributed by atoms with van der Waals surface area (Å²) >= 11 is 0. The molecule has 0 saturated carbocycles. The minimum atomic E-state index is -0.579. The van der Waals surface area contributed by atoms with Gasteiger partial charge < -0.3 is 15.4 Å². The van der Waals surface area contributed by atoms with Gasteiger partial charge in [0, 0.05) is 24.9 Å². The summed E-state index contributed by atoms with van der Waals surface area (Å²) in [5.74, 6) is 1.38. The molecule has 0 amide bonds. The maximum absolute atomic E-state index is 9.06. The van der Waals surface area contributed by atoms with E-state index < -0.39 is 5.54 Å². The van der Waals surface area contributed by atoms with Crippen LogP contribution in [-0.2, 0) is 6.54 Å². The fourth-order valence-corrected chi connectivity index (χ4v) is 1.39. The fourth-order valence-electron chi connectivity index (χ4n) is 1.39. The predicted octanol–water partition coefficient (Wildman–Crippen LogP) is 0.716. The number of aromatic nitrogens is 2. The van der Waals surface area contributed by atoms with Gasteiger partial charge in [-0.15, -0.1) is 0 Å². The van der Waals surface area contributed by atoms with E-state index in [1.807, 2.05) is 17.7 Å². The monoisotopic (exact) mass is 197 g/mol. The lowest BCUT2D eigenvalue weighted by Gasteiger charge is -2.23. The van der Waals surface area contributed by atoms with Crippen LogP contribution in [0.25, 0.3) is 0 Å². The molecule has 4 nitrogen and oxygen atoms in total. The van der Waals surface area contributed by atoms with Crippen molar-refractivity contribution in [3.63, 3.8) is 0 Å². The van der Waals surface area contributed by atoms with E-state index in [2.05, 4.69) is 18.8 Å². The molecule has 14 heavy (non-hydrogen) atoms. The Labute approximate surface area is 84.8 Å². The summed E-state index contributed by atoms with van der Waals surface area (Å²) in [6.45, 7) is 6.58. The quantitative estimate of drug-likeness (QED) is 0.747. The first-order valence-electron chi connectivity index (χ1n) is 4.87. The standard InChI is InChI=1S/C10H19N3O/c1-8(2)9-12-4-5-13(9)6-10(3,11)7-14/h4-5,8,14H,6-7,11H2,1-3H3. The molecular formula is C10H19N3O. The minimum absolute atomic E-state index is 0.0251. The SMILES string of the molecule is CC(C)c1nccn1CC(C)(N)CO. The summed E-state index contributed by atoms with van der Waals surface area (Å²) in [5.41, 5.74) is 5.30. The van der Waals surface area contributed by atoms with Gasteiger partial charge in [0.25, 0.3) is 0 Å². The Kier molecular flexibility index (Phi) is 3.29. The van der Waals surface area contributed by atoms with Gasteiger partial charge in [0.05, 0.1) is 12.1 Å². The molecule has 1 aromatic rings. The van der Waals surface area contributed by atoms with Crippen LogP contribution in [-0.4, -0.2) is 26.8 Å². The highest BCUT2D eigenvalue weighted by atomic mass is 16.3. The molecule has 1 unspecified atom stereocenters. The molecule has 0 radical (unpaired) electrons. The fraction of sp³-hybridized carbons (Fsp3) is 0.700. The second-order valence-electron chi connectivity index (χ2n) is 4.38. The Balaban J connectivity index is 2.81. The van der Waals surface area contributed by atoms with Gasteiger partial charge in [-0.2, -0.15) is 0 Å². The molecule has 0 saturated heterocycles. The van der Waals surface area contributed by atoms with Gasteiger partial charge in [-0.25, -0.2) is 4.98 Å². The largest absolute Gasteiger partial charge is 0.394 e. The van der Waals surface area contributed by atoms with Crippen molar-refractivity contribution in [1.29, 1.82) is 0 Å². The molecule has 1 atom stereocenters. The van der Waals surface area contributed by atoms with Crippen molar-refractivity contribution < 1.29 is 5.11 Å². The third-order valence-electron chi connectivity index (χ3n) is 2.16. The summed E-state index contributed by atoms with van der Waals surface area (Å²) in [5, 5.41) is 9.06. The molecule has 0 fully saturated rings. The molecule has 1 aromatic heterocycles. The molecule has 80 valence electrons. The first-order chi connectivity index (χ1) is 6.46. The smallest absolute Gasteiger partial charge is 0.111 e. The van der Waals surface area contributed by atoms with Crippen LogP contribution < -0.4 is 5.73 Å². The van der Waals surface area contributed by atoms with Crippen LogP contribution in [0.15, 0.2) is 12.4 Å². The summed E-state index contributed by atoms with van der Waals surface area (Å²) < 4.78 is 2.00.